The molecule has 5 nitrogen and oxygen atoms in total. The van der Waals surface area contributed by atoms with Crippen LogP contribution >= 0.6 is 11.6 Å². The van der Waals surface area contributed by atoms with E-state index < -0.39 is 20.7 Å². The average Bonchev–Trinajstić information content (AvgIpc) is 2.37. The Morgan fingerprint density at radius 1 is 1.38 bits per heavy atom. The highest BCUT2D eigenvalue weighted by Gasteiger charge is 2.21. The van der Waals surface area contributed by atoms with Gasteiger partial charge in [0.25, 0.3) is 0 Å². The fraction of sp³-hybridized carbons (Fsp3) is 0.538. The Balaban J connectivity index is 2.59. The minimum Gasteiger partial charge on any atom is -0.399 e. The molecule has 0 spiro atoms. The summed E-state index contributed by atoms with van der Waals surface area (Å²) < 4.78 is 45.4. The van der Waals surface area contributed by atoms with Crippen LogP contribution in [0, 0.1) is 5.82 Å². The second-order valence-corrected chi connectivity index (χ2v) is 6.98. The lowest BCUT2D eigenvalue weighted by Crippen LogP contribution is -2.26. The molecular weight excluding hydrogens is 319 g/mol. The number of anilines is 1. The Kier molecular flexibility index (Phi) is 6.86. The van der Waals surface area contributed by atoms with Gasteiger partial charge in [-0.05, 0) is 38.8 Å². The molecule has 1 aromatic rings. The van der Waals surface area contributed by atoms with Crippen LogP contribution in [-0.2, 0) is 14.8 Å². The number of nitrogens with one attached hydrogen (secondary N) is 1. The van der Waals surface area contributed by atoms with E-state index in [0.29, 0.717) is 19.4 Å². The Morgan fingerprint density at radius 3 is 2.67 bits per heavy atom. The second kappa shape index (κ2) is 7.93. The smallest absolute Gasteiger partial charge is 0.243 e. The quantitative estimate of drug-likeness (QED) is 0.563. The van der Waals surface area contributed by atoms with Crippen molar-refractivity contribution in [2.24, 2.45) is 0 Å². The molecule has 0 aromatic heterocycles. The van der Waals surface area contributed by atoms with E-state index >= 15 is 0 Å². The molecule has 0 aliphatic carbocycles. The van der Waals surface area contributed by atoms with Gasteiger partial charge in [-0.2, -0.15) is 0 Å². The van der Waals surface area contributed by atoms with Crippen molar-refractivity contribution in [2.75, 3.05) is 18.9 Å². The molecule has 0 saturated heterocycles. The molecule has 0 fully saturated rings. The SMILES string of the molecule is CC(C)OCCCCNS(=O)(=O)c1cc(N)cc(Cl)c1F. The fourth-order valence-corrected chi connectivity index (χ4v) is 3.10. The number of rotatable bonds is 8. The summed E-state index contributed by atoms with van der Waals surface area (Å²) in [5.74, 6) is -0.999. The minimum absolute atomic E-state index is 0.0899. The number of hydrogen-bond acceptors (Lipinski definition) is 4. The van der Waals surface area contributed by atoms with Crippen molar-refractivity contribution >= 4 is 27.3 Å². The summed E-state index contributed by atoms with van der Waals surface area (Å²) in [5.41, 5.74) is 5.58. The van der Waals surface area contributed by atoms with Crippen molar-refractivity contribution in [3.63, 3.8) is 0 Å². The summed E-state index contributed by atoms with van der Waals surface area (Å²) in [7, 11) is -3.97. The van der Waals surface area contributed by atoms with Gasteiger partial charge in [-0.1, -0.05) is 11.6 Å². The summed E-state index contributed by atoms with van der Waals surface area (Å²) in [5, 5.41) is -0.319. The van der Waals surface area contributed by atoms with Crippen molar-refractivity contribution in [2.45, 2.75) is 37.7 Å². The summed E-state index contributed by atoms with van der Waals surface area (Å²) in [6, 6.07) is 2.21. The number of ether oxygens (including phenoxy) is 1. The third-order valence-corrected chi connectivity index (χ3v) is 4.36. The molecule has 0 unspecified atom stereocenters. The molecular formula is C13H20ClFN2O3S. The first-order valence-electron chi connectivity index (χ1n) is 6.60. The van der Waals surface area contributed by atoms with E-state index in [-0.39, 0.29) is 23.4 Å². The lowest BCUT2D eigenvalue weighted by atomic mass is 10.3. The lowest BCUT2D eigenvalue weighted by molar-refractivity contribution is 0.0762. The van der Waals surface area contributed by atoms with E-state index in [1.807, 2.05) is 13.8 Å². The van der Waals surface area contributed by atoms with Gasteiger partial charge in [0.2, 0.25) is 10.0 Å². The van der Waals surface area contributed by atoms with Gasteiger partial charge in [0.15, 0.2) is 5.82 Å². The van der Waals surface area contributed by atoms with Crippen molar-refractivity contribution in [3.8, 4) is 0 Å². The Labute approximate surface area is 129 Å². The van der Waals surface area contributed by atoms with Crippen LogP contribution in [0.25, 0.3) is 0 Å². The number of nitrogen functional groups attached to an aromatic ring is 1. The monoisotopic (exact) mass is 338 g/mol. The van der Waals surface area contributed by atoms with Gasteiger partial charge < -0.3 is 10.5 Å². The molecule has 120 valence electrons. The standard InChI is InChI=1S/C13H20ClFN2O3S/c1-9(2)20-6-4-3-5-17-21(18,19)12-8-10(16)7-11(14)13(12)15/h7-9,17H,3-6,16H2,1-2H3. The van der Waals surface area contributed by atoms with E-state index in [1.54, 1.807) is 0 Å². The normalized spacial score (nSPS) is 12.0. The lowest BCUT2D eigenvalue weighted by Gasteiger charge is -2.10. The topological polar surface area (TPSA) is 81.4 Å². The maximum atomic E-state index is 13.8. The van der Waals surface area contributed by atoms with E-state index in [0.717, 1.165) is 6.07 Å². The number of benzene rings is 1. The van der Waals surface area contributed by atoms with Gasteiger partial charge in [0, 0.05) is 18.8 Å². The van der Waals surface area contributed by atoms with E-state index in [4.69, 9.17) is 22.1 Å². The van der Waals surface area contributed by atoms with Crippen molar-refractivity contribution in [3.05, 3.63) is 23.0 Å². The van der Waals surface area contributed by atoms with Crippen molar-refractivity contribution in [1.82, 2.24) is 4.72 Å². The van der Waals surface area contributed by atoms with Crippen molar-refractivity contribution in [1.29, 1.82) is 0 Å². The van der Waals surface area contributed by atoms with Gasteiger partial charge in [0.1, 0.15) is 4.90 Å². The van der Waals surface area contributed by atoms with Crippen LogP contribution in [0.1, 0.15) is 26.7 Å². The highest BCUT2D eigenvalue weighted by atomic mass is 35.5. The van der Waals surface area contributed by atoms with E-state index in [1.165, 1.54) is 6.07 Å². The Bertz CT molecular complexity index is 579. The minimum atomic E-state index is -3.97. The number of hydrogen-bond donors (Lipinski definition) is 2. The highest BCUT2D eigenvalue weighted by Crippen LogP contribution is 2.25. The molecule has 0 bridgehead atoms. The van der Waals surface area contributed by atoms with Crippen LogP contribution < -0.4 is 10.5 Å². The van der Waals surface area contributed by atoms with Crippen molar-refractivity contribution < 1.29 is 17.5 Å². The molecule has 8 heteroatoms. The highest BCUT2D eigenvalue weighted by molar-refractivity contribution is 7.89. The maximum Gasteiger partial charge on any atom is 0.243 e. The first-order chi connectivity index (χ1) is 9.74. The number of sulfonamides is 1. The van der Waals surface area contributed by atoms with Crippen LogP contribution in [0.3, 0.4) is 0 Å². The van der Waals surface area contributed by atoms with Crippen LogP contribution in [0.15, 0.2) is 17.0 Å². The van der Waals surface area contributed by atoms with Crippen LogP contribution in [0.2, 0.25) is 5.02 Å². The Hall–Kier alpha value is -0.890. The number of unbranched alkanes of at least 4 members (excludes halogenated alkanes) is 1. The zero-order valence-electron chi connectivity index (χ0n) is 12.0. The summed E-state index contributed by atoms with van der Waals surface area (Å²) in [4.78, 5) is -0.536. The van der Waals surface area contributed by atoms with Gasteiger partial charge in [-0.3, -0.25) is 0 Å². The van der Waals surface area contributed by atoms with Crippen LogP contribution in [-0.4, -0.2) is 27.7 Å². The number of nitrogens with two attached hydrogens (primary N) is 1. The molecule has 0 saturated carbocycles. The third kappa shape index (κ3) is 5.78. The molecule has 0 amide bonds. The average molecular weight is 339 g/mol. The number of halogens is 2. The van der Waals surface area contributed by atoms with Crippen LogP contribution in [0.5, 0.6) is 0 Å². The molecule has 0 aliphatic heterocycles. The third-order valence-electron chi connectivity index (χ3n) is 2.62. The molecule has 0 radical (unpaired) electrons. The first-order valence-corrected chi connectivity index (χ1v) is 8.46. The molecule has 0 atom stereocenters. The molecule has 1 aromatic carbocycles. The predicted molar refractivity (Wildman–Crippen MR) is 81.3 cm³/mol. The maximum absolute atomic E-state index is 13.8. The van der Waals surface area contributed by atoms with Gasteiger partial charge >= 0.3 is 0 Å². The zero-order valence-corrected chi connectivity index (χ0v) is 13.6. The largest absolute Gasteiger partial charge is 0.399 e. The fourth-order valence-electron chi connectivity index (χ4n) is 1.61. The first kappa shape index (κ1) is 18.2. The molecule has 0 aliphatic rings. The van der Waals surface area contributed by atoms with Crippen LogP contribution in [0.4, 0.5) is 10.1 Å². The molecule has 1 rings (SSSR count). The summed E-state index contributed by atoms with van der Waals surface area (Å²) in [6.07, 6.45) is 1.44. The predicted octanol–water partition coefficient (Wildman–Crippen LogP) is 2.54. The van der Waals surface area contributed by atoms with Gasteiger partial charge in [-0.25, -0.2) is 17.5 Å². The summed E-state index contributed by atoms with van der Waals surface area (Å²) >= 11 is 5.59. The molecule has 21 heavy (non-hydrogen) atoms. The molecule has 3 N–H and O–H groups in total. The zero-order chi connectivity index (χ0) is 16.0. The van der Waals surface area contributed by atoms with E-state index in [2.05, 4.69) is 4.72 Å². The molecule has 0 heterocycles. The van der Waals surface area contributed by atoms with E-state index in [9.17, 15) is 12.8 Å². The Morgan fingerprint density at radius 2 is 2.05 bits per heavy atom. The second-order valence-electron chi connectivity index (χ2n) is 4.84. The van der Waals surface area contributed by atoms with Gasteiger partial charge in [0.05, 0.1) is 11.1 Å². The summed E-state index contributed by atoms with van der Waals surface area (Å²) in [6.45, 7) is 4.59. The van der Waals surface area contributed by atoms with Gasteiger partial charge in [-0.15, -0.1) is 0 Å².